The van der Waals surface area contributed by atoms with Gasteiger partial charge < -0.3 is 15.5 Å². The minimum atomic E-state index is -5.08. The van der Waals surface area contributed by atoms with E-state index in [-0.39, 0.29) is 31.4 Å². The van der Waals surface area contributed by atoms with E-state index in [2.05, 4.69) is 5.10 Å². The highest BCUT2D eigenvalue weighted by Crippen LogP contribution is 2.49. The van der Waals surface area contributed by atoms with E-state index in [1.54, 1.807) is 0 Å². The molecule has 1 heterocycles. The van der Waals surface area contributed by atoms with Crippen LogP contribution in [0.4, 0.5) is 26.3 Å². The van der Waals surface area contributed by atoms with Gasteiger partial charge in [0.05, 0.1) is 5.56 Å². The van der Waals surface area contributed by atoms with Crippen LogP contribution in [-0.2, 0) is 16.1 Å². The number of halogens is 6. The van der Waals surface area contributed by atoms with Gasteiger partial charge >= 0.3 is 24.3 Å². The number of aryl methyl sites for hydroxylation is 1. The number of carbonyl (C=O) groups excluding carboxylic acids is 1. The molecule has 1 aliphatic carbocycles. The molecule has 0 saturated heterocycles. The summed E-state index contributed by atoms with van der Waals surface area (Å²) in [6.45, 7) is 0.115. The molecule has 0 bridgehead atoms. The molecule has 0 aromatic carbocycles. The predicted octanol–water partition coefficient (Wildman–Crippen LogP) is 1.30. The number of nitrogens with one attached hydrogen (secondary N) is 1. The van der Waals surface area contributed by atoms with E-state index in [0.29, 0.717) is 0 Å². The lowest BCUT2D eigenvalue weighted by Gasteiger charge is -2.20. The zero-order valence-electron chi connectivity index (χ0n) is 13.8. The summed E-state index contributed by atoms with van der Waals surface area (Å²) in [5.41, 5.74) is -2.11. The maximum atomic E-state index is 12.7. The molecule has 1 aromatic heterocycles. The molecule has 28 heavy (non-hydrogen) atoms. The lowest BCUT2D eigenvalue weighted by Crippen LogP contribution is -2.48. The normalized spacial score (nSPS) is 15.1. The number of nitrogens with zero attached hydrogens (tertiary/aromatic N) is 2. The molecule has 0 spiro atoms. The van der Waals surface area contributed by atoms with Crippen molar-refractivity contribution in [1.29, 1.82) is 0 Å². The third kappa shape index (κ3) is 6.66. The van der Waals surface area contributed by atoms with Crippen molar-refractivity contribution in [3.63, 3.8) is 0 Å². The fourth-order valence-corrected chi connectivity index (χ4v) is 1.75. The molecule has 14 heteroatoms. The summed E-state index contributed by atoms with van der Waals surface area (Å²) in [4.78, 5) is 31.1. The number of carbonyl (C=O) groups is 3. The average Bonchev–Trinajstić information content (AvgIpc) is 3.33. The number of rotatable bonds is 5. The predicted molar refractivity (Wildman–Crippen MR) is 75.9 cm³/mol. The van der Waals surface area contributed by atoms with Gasteiger partial charge in [-0.2, -0.15) is 26.3 Å². The second kappa shape index (κ2) is 8.39. The summed E-state index contributed by atoms with van der Waals surface area (Å²) >= 11 is 0. The van der Waals surface area contributed by atoms with Gasteiger partial charge in [0, 0.05) is 6.07 Å². The van der Waals surface area contributed by atoms with Crippen molar-refractivity contribution in [3.8, 4) is 0 Å². The number of aliphatic carboxylic acids is 2. The van der Waals surface area contributed by atoms with Gasteiger partial charge in [-0.15, -0.1) is 0 Å². The zero-order valence-corrected chi connectivity index (χ0v) is 13.8. The third-order valence-electron chi connectivity index (χ3n) is 3.48. The Morgan fingerprint density at radius 1 is 1.14 bits per heavy atom. The summed E-state index contributed by atoms with van der Waals surface area (Å²) in [7, 11) is 0. The average molecular weight is 418 g/mol. The quantitative estimate of drug-likeness (QED) is 0.490. The molecule has 1 aliphatic rings. The number of aromatic nitrogens is 2. The Kier molecular flexibility index (Phi) is 6.93. The monoisotopic (exact) mass is 418 g/mol. The molecule has 1 saturated carbocycles. The van der Waals surface area contributed by atoms with Crippen LogP contribution in [0.2, 0.25) is 0 Å². The van der Waals surface area contributed by atoms with Crippen LogP contribution in [0, 0.1) is 0 Å². The van der Waals surface area contributed by atoms with E-state index in [1.807, 2.05) is 5.32 Å². The molecule has 0 unspecified atom stereocenters. The van der Waals surface area contributed by atoms with Crippen molar-refractivity contribution in [2.75, 3.05) is 0 Å². The highest BCUT2D eigenvalue weighted by Gasteiger charge is 2.64. The van der Waals surface area contributed by atoms with Crippen molar-refractivity contribution in [1.82, 2.24) is 10.4 Å². The van der Waals surface area contributed by atoms with Crippen molar-refractivity contribution >= 4 is 17.8 Å². The Bertz CT molecular complexity index is 728. The van der Waals surface area contributed by atoms with Gasteiger partial charge in [0.1, 0.15) is 18.2 Å². The van der Waals surface area contributed by atoms with E-state index in [4.69, 9.17) is 15.0 Å². The van der Waals surface area contributed by atoms with Gasteiger partial charge in [0.25, 0.3) is 5.91 Å². The number of carboxylic acid groups (broad SMARTS) is 2. The van der Waals surface area contributed by atoms with Gasteiger partial charge in [-0.3, -0.25) is 9.59 Å². The van der Waals surface area contributed by atoms with Crippen LogP contribution in [0.25, 0.3) is 0 Å². The Balaban J connectivity index is 0.000000480. The van der Waals surface area contributed by atoms with Crippen LogP contribution in [0.5, 0.6) is 0 Å². The standard InChI is InChI=1S/C12H12F3N3O3.C2HF3O2/c13-12(14,15)11(3-4-11)17-10(21)8-1-5-18(16-7-8)6-2-9(19)20;3-2(4,5)1(6)7/h1,5,7H,2-4,6H2,(H-,17,19,20,21);(H,6,7)/p+1. The molecule has 1 aromatic rings. The molecular formula is C14H14F6N3O5+. The molecule has 0 atom stereocenters. The summed E-state index contributed by atoms with van der Waals surface area (Å²) in [6, 6.07) is 1.30. The topological polar surface area (TPSA) is 120 Å². The Morgan fingerprint density at radius 3 is 2.00 bits per heavy atom. The number of alkyl halides is 6. The van der Waals surface area contributed by atoms with E-state index in [9.17, 15) is 35.9 Å². The minimum absolute atomic E-state index is 0.00269. The van der Waals surface area contributed by atoms with Gasteiger partial charge in [-0.1, -0.05) is 4.68 Å². The van der Waals surface area contributed by atoms with Crippen LogP contribution >= 0.6 is 0 Å². The first kappa shape index (κ1) is 23.1. The number of hydrogen-bond donors (Lipinski definition) is 3. The fourth-order valence-electron chi connectivity index (χ4n) is 1.75. The lowest BCUT2D eigenvalue weighted by molar-refractivity contribution is -0.753. The van der Waals surface area contributed by atoms with Crippen LogP contribution in [0.3, 0.4) is 0 Å². The molecule has 0 radical (unpaired) electrons. The maximum Gasteiger partial charge on any atom is 0.490 e. The van der Waals surface area contributed by atoms with E-state index in [1.165, 1.54) is 16.9 Å². The molecule has 1 amide bonds. The van der Waals surface area contributed by atoms with Crippen LogP contribution in [0.1, 0.15) is 29.6 Å². The first-order chi connectivity index (χ1) is 12.7. The second-order valence-electron chi connectivity index (χ2n) is 5.66. The smallest absolute Gasteiger partial charge is 0.481 e. The first-order valence-electron chi connectivity index (χ1n) is 7.45. The van der Waals surface area contributed by atoms with Crippen LogP contribution in [-0.4, -0.2) is 51.0 Å². The SMILES string of the molecule is O=C(O)C(F)(F)F.O=C(O)CC[n+]1ccc(C(=O)NC2(C(F)(F)F)CC2)cn1. The van der Waals surface area contributed by atoms with Crippen molar-refractivity contribution in [2.24, 2.45) is 0 Å². The summed E-state index contributed by atoms with van der Waals surface area (Å²) in [6.07, 6.45) is -7.47. The van der Waals surface area contributed by atoms with E-state index < -0.39 is 35.7 Å². The summed E-state index contributed by atoms with van der Waals surface area (Å²) in [5.74, 6) is -4.60. The zero-order chi connectivity index (χ0) is 21.8. The largest absolute Gasteiger partial charge is 0.490 e. The van der Waals surface area contributed by atoms with Gasteiger partial charge in [-0.25, -0.2) is 4.79 Å². The summed E-state index contributed by atoms with van der Waals surface area (Å²) in [5, 5.41) is 21.4. The Labute approximate surface area is 152 Å². The van der Waals surface area contributed by atoms with Crippen molar-refractivity contribution < 1.29 is 55.6 Å². The molecular weight excluding hydrogens is 404 g/mol. The highest BCUT2D eigenvalue weighted by molar-refractivity contribution is 5.94. The molecule has 156 valence electrons. The van der Waals surface area contributed by atoms with Crippen molar-refractivity contribution in [3.05, 3.63) is 24.0 Å². The summed E-state index contributed by atoms with van der Waals surface area (Å²) < 4.78 is 71.2. The first-order valence-corrected chi connectivity index (χ1v) is 7.45. The minimum Gasteiger partial charge on any atom is -0.481 e. The Morgan fingerprint density at radius 2 is 1.68 bits per heavy atom. The number of amides is 1. The van der Waals surface area contributed by atoms with Crippen LogP contribution < -0.4 is 10.00 Å². The molecule has 8 nitrogen and oxygen atoms in total. The Hall–Kier alpha value is -2.93. The van der Waals surface area contributed by atoms with Gasteiger partial charge in [0.2, 0.25) is 0 Å². The van der Waals surface area contributed by atoms with Crippen LogP contribution in [0.15, 0.2) is 18.5 Å². The van der Waals surface area contributed by atoms with Crippen molar-refractivity contribution in [2.45, 2.75) is 43.7 Å². The lowest BCUT2D eigenvalue weighted by atomic mass is 10.2. The van der Waals surface area contributed by atoms with E-state index >= 15 is 0 Å². The van der Waals surface area contributed by atoms with Gasteiger partial charge in [-0.05, 0) is 17.9 Å². The third-order valence-corrected chi connectivity index (χ3v) is 3.48. The molecule has 0 aliphatic heterocycles. The number of hydrogen-bond acceptors (Lipinski definition) is 4. The number of carboxylic acids is 2. The molecule has 1 fully saturated rings. The van der Waals surface area contributed by atoms with Gasteiger partial charge in [0.15, 0.2) is 12.7 Å². The molecule has 3 N–H and O–H groups in total. The highest BCUT2D eigenvalue weighted by atomic mass is 19.4. The molecule has 2 rings (SSSR count). The van der Waals surface area contributed by atoms with E-state index in [0.717, 1.165) is 6.20 Å². The fraction of sp³-hybridized carbons (Fsp3) is 0.500. The maximum absolute atomic E-state index is 12.7. The second-order valence-corrected chi connectivity index (χ2v) is 5.66.